The molecule has 0 saturated heterocycles. The molecule has 2 unspecified atom stereocenters. The van der Waals surface area contributed by atoms with Crippen LogP contribution in [-0.4, -0.2) is 110 Å². The van der Waals surface area contributed by atoms with E-state index >= 15 is 0 Å². The van der Waals surface area contributed by atoms with Crippen molar-refractivity contribution in [3.63, 3.8) is 0 Å². The Balaban J connectivity index is 5.74. The molecular formula is C19H23F17O4S. The van der Waals surface area contributed by atoms with Crippen molar-refractivity contribution in [3.8, 4) is 0 Å². The molecule has 0 rings (SSSR count). The molecule has 0 aliphatic heterocycles. The average molecular weight is 670 g/mol. The number of aliphatic hydroxyl groups excluding tert-OH is 1. The molecule has 2 atom stereocenters. The zero-order valence-electron chi connectivity index (χ0n) is 20.6. The zero-order chi connectivity index (χ0) is 32.9. The van der Waals surface area contributed by atoms with Gasteiger partial charge in [-0.05, 0) is 12.7 Å². The van der Waals surface area contributed by atoms with Crippen molar-refractivity contribution in [1.29, 1.82) is 0 Å². The second-order valence-corrected chi connectivity index (χ2v) is 9.35. The van der Waals surface area contributed by atoms with Crippen LogP contribution in [0.2, 0.25) is 0 Å². The van der Waals surface area contributed by atoms with E-state index in [9.17, 15) is 79.7 Å². The summed E-state index contributed by atoms with van der Waals surface area (Å²) in [5, 5.41) is 9.42. The van der Waals surface area contributed by atoms with Gasteiger partial charge in [0.2, 0.25) is 0 Å². The first-order chi connectivity index (χ1) is 18.1. The van der Waals surface area contributed by atoms with Crippen molar-refractivity contribution in [2.45, 2.75) is 73.2 Å². The van der Waals surface area contributed by atoms with Gasteiger partial charge in [-0.2, -0.15) is 86.4 Å². The van der Waals surface area contributed by atoms with Gasteiger partial charge in [-0.3, -0.25) is 0 Å². The van der Waals surface area contributed by atoms with Gasteiger partial charge in [0, 0.05) is 25.9 Å². The molecule has 0 aliphatic carbocycles. The quantitative estimate of drug-likeness (QED) is 0.125. The van der Waals surface area contributed by atoms with Gasteiger partial charge in [-0.1, -0.05) is 0 Å². The highest BCUT2D eigenvalue weighted by molar-refractivity contribution is 7.99. The number of alkyl halides is 17. The summed E-state index contributed by atoms with van der Waals surface area (Å²) in [5.74, 6) is -58.1. The number of rotatable bonds is 19. The molecule has 0 aromatic rings. The van der Waals surface area contributed by atoms with Gasteiger partial charge in [-0.25, -0.2) is 0 Å². The van der Waals surface area contributed by atoms with Crippen LogP contribution in [-0.2, 0) is 14.2 Å². The Labute approximate surface area is 224 Å². The predicted molar refractivity (Wildman–Crippen MR) is 107 cm³/mol. The third-order valence-electron chi connectivity index (χ3n) is 5.03. The summed E-state index contributed by atoms with van der Waals surface area (Å²) < 4.78 is 241. The number of hydrogen-bond acceptors (Lipinski definition) is 5. The summed E-state index contributed by atoms with van der Waals surface area (Å²) in [7, 11) is 1.24. The first-order valence-corrected chi connectivity index (χ1v) is 11.9. The SMILES string of the molecule is CCOC(COCC(O)COC)CSCCC(F)(F)C(F)(F)C(F)(F)C(F)(F)C(F)(F)C(F)(F)C(F)(F)C(F)(F)F. The predicted octanol–water partition coefficient (Wildman–Crippen LogP) is 6.55. The number of methoxy groups -OCH3 is 1. The normalized spacial score (nSPS) is 16.7. The Bertz CT molecular complexity index is 807. The number of thioether (sulfide) groups is 1. The maximum Gasteiger partial charge on any atom is 0.460 e. The summed E-state index contributed by atoms with van der Waals surface area (Å²) >= 11 is 0.217. The Kier molecular flexibility index (Phi) is 13.4. The van der Waals surface area contributed by atoms with Gasteiger partial charge in [-0.15, -0.1) is 0 Å². The van der Waals surface area contributed by atoms with Crippen LogP contribution in [0.3, 0.4) is 0 Å². The fourth-order valence-corrected chi connectivity index (χ4v) is 3.75. The molecule has 4 nitrogen and oxygen atoms in total. The highest BCUT2D eigenvalue weighted by atomic mass is 32.2. The van der Waals surface area contributed by atoms with Crippen LogP contribution in [0.5, 0.6) is 0 Å². The van der Waals surface area contributed by atoms with Gasteiger partial charge < -0.3 is 19.3 Å². The molecule has 0 bridgehead atoms. The van der Waals surface area contributed by atoms with E-state index in [2.05, 4.69) is 4.74 Å². The fourth-order valence-electron chi connectivity index (χ4n) is 2.72. The lowest BCUT2D eigenvalue weighted by Gasteiger charge is -2.42. The molecule has 0 aliphatic rings. The minimum Gasteiger partial charge on any atom is -0.388 e. The van der Waals surface area contributed by atoms with E-state index in [4.69, 9.17) is 9.47 Å². The van der Waals surface area contributed by atoms with E-state index in [1.54, 1.807) is 0 Å². The molecule has 1 N–H and O–H groups in total. The second-order valence-electron chi connectivity index (χ2n) is 8.20. The lowest BCUT2D eigenvalue weighted by atomic mass is 9.88. The van der Waals surface area contributed by atoms with E-state index in [0.29, 0.717) is 0 Å². The number of halogens is 17. The standard InChI is InChI=1S/C19H23F17O4S/c1-3-40-11(8-39-7-10(37)6-38-2)9-41-5-4-12(20,21)13(22,23)14(24,25)15(26,27)16(28,29)17(30,31)18(32,33)19(34,35)36/h10-11,37H,3-9H2,1-2H3. The number of hydrogen-bond donors (Lipinski definition) is 1. The molecule has 248 valence electrons. The Morgan fingerprint density at radius 1 is 0.634 bits per heavy atom. The van der Waals surface area contributed by atoms with Gasteiger partial charge in [0.15, 0.2) is 0 Å². The van der Waals surface area contributed by atoms with Crippen LogP contribution in [0, 0.1) is 0 Å². The number of aliphatic hydroxyl groups is 1. The van der Waals surface area contributed by atoms with Crippen molar-refractivity contribution in [1.82, 2.24) is 0 Å². The molecule has 0 saturated carbocycles. The molecule has 0 spiro atoms. The van der Waals surface area contributed by atoms with E-state index in [-0.39, 0.29) is 38.2 Å². The molecule has 0 fully saturated rings. The lowest BCUT2D eigenvalue weighted by Crippen LogP contribution is -2.74. The Morgan fingerprint density at radius 3 is 1.49 bits per heavy atom. The van der Waals surface area contributed by atoms with Crippen molar-refractivity contribution in [3.05, 3.63) is 0 Å². The maximum atomic E-state index is 13.9. The van der Waals surface area contributed by atoms with Crippen molar-refractivity contribution < 1.29 is 94.0 Å². The minimum atomic E-state index is -8.64. The first kappa shape index (κ1) is 40.0. The summed E-state index contributed by atoms with van der Waals surface area (Å²) in [5.41, 5.74) is 0. The molecule has 0 amide bonds. The molecule has 22 heteroatoms. The topological polar surface area (TPSA) is 47.9 Å². The van der Waals surface area contributed by atoms with Gasteiger partial charge >= 0.3 is 47.6 Å². The largest absolute Gasteiger partial charge is 0.460 e. The van der Waals surface area contributed by atoms with Crippen LogP contribution < -0.4 is 0 Å². The number of ether oxygens (including phenoxy) is 3. The minimum absolute atomic E-state index is 0.0447. The Hall–Kier alpha value is -1.00. The van der Waals surface area contributed by atoms with Gasteiger partial charge in [0.25, 0.3) is 0 Å². The van der Waals surface area contributed by atoms with E-state index in [0.717, 1.165) is 0 Å². The molecular weight excluding hydrogens is 647 g/mol. The first-order valence-electron chi connectivity index (χ1n) is 10.8. The van der Waals surface area contributed by atoms with E-state index < -0.39 is 77.8 Å². The lowest BCUT2D eigenvalue weighted by molar-refractivity contribution is -0.461. The third-order valence-corrected chi connectivity index (χ3v) is 6.13. The Morgan fingerprint density at radius 2 is 1.07 bits per heavy atom. The van der Waals surface area contributed by atoms with Crippen LogP contribution in [0.1, 0.15) is 13.3 Å². The maximum absolute atomic E-state index is 13.9. The van der Waals surface area contributed by atoms with Crippen molar-refractivity contribution in [2.24, 2.45) is 0 Å². The highest BCUT2D eigenvalue weighted by Gasteiger charge is 2.95. The highest BCUT2D eigenvalue weighted by Crippen LogP contribution is 2.64. The van der Waals surface area contributed by atoms with Gasteiger partial charge in [0.1, 0.15) is 6.10 Å². The monoisotopic (exact) mass is 670 g/mol. The summed E-state index contributed by atoms with van der Waals surface area (Å²) in [6.45, 7) is 0.545. The second kappa shape index (κ2) is 13.7. The smallest absolute Gasteiger partial charge is 0.388 e. The van der Waals surface area contributed by atoms with E-state index in [1.165, 1.54) is 14.0 Å². The summed E-state index contributed by atoms with van der Waals surface area (Å²) in [6, 6.07) is 0. The molecule has 0 radical (unpaired) electrons. The summed E-state index contributed by atoms with van der Waals surface area (Å²) in [6.07, 6.45) is -12.4. The summed E-state index contributed by atoms with van der Waals surface area (Å²) in [4.78, 5) is 0. The molecule has 41 heavy (non-hydrogen) atoms. The van der Waals surface area contributed by atoms with Gasteiger partial charge in [0.05, 0.1) is 25.9 Å². The average Bonchev–Trinajstić information content (AvgIpc) is 2.80. The molecule has 0 heterocycles. The fraction of sp³-hybridized carbons (Fsp3) is 1.00. The van der Waals surface area contributed by atoms with E-state index in [1.807, 2.05) is 0 Å². The van der Waals surface area contributed by atoms with Crippen LogP contribution in [0.15, 0.2) is 0 Å². The molecule has 0 aromatic heterocycles. The van der Waals surface area contributed by atoms with Crippen LogP contribution in [0.4, 0.5) is 74.6 Å². The third kappa shape index (κ3) is 7.94. The zero-order valence-corrected chi connectivity index (χ0v) is 21.4. The van der Waals surface area contributed by atoms with Crippen molar-refractivity contribution >= 4 is 11.8 Å². The molecule has 0 aromatic carbocycles. The van der Waals surface area contributed by atoms with Crippen molar-refractivity contribution in [2.75, 3.05) is 45.0 Å². The van der Waals surface area contributed by atoms with Crippen LogP contribution in [0.25, 0.3) is 0 Å². The van der Waals surface area contributed by atoms with Crippen LogP contribution >= 0.6 is 11.8 Å².